The van der Waals surface area contributed by atoms with E-state index in [4.69, 9.17) is 4.74 Å². The minimum atomic E-state index is -0.381. The third-order valence-electron chi connectivity index (χ3n) is 5.04. The Morgan fingerprint density at radius 3 is 2.61 bits per heavy atom. The fourth-order valence-corrected chi connectivity index (χ4v) is 3.67. The van der Waals surface area contributed by atoms with Gasteiger partial charge in [0.05, 0.1) is 41.5 Å². The highest BCUT2D eigenvalue weighted by Crippen LogP contribution is 2.21. The highest BCUT2D eigenvalue weighted by Gasteiger charge is 2.23. The number of hydrogen-bond acceptors (Lipinski definition) is 5. The SMILES string of the molecule is C[C@@H]1CN(c2ccc(NC(=O)[C@H](C)n3cnc4ccccc43)cn2)C[C@@H](C)O1. The van der Waals surface area contributed by atoms with Crippen molar-refractivity contribution in [2.75, 3.05) is 23.3 Å². The number of pyridine rings is 1. The van der Waals surface area contributed by atoms with Crippen molar-refractivity contribution in [1.29, 1.82) is 0 Å². The topological polar surface area (TPSA) is 72.3 Å². The van der Waals surface area contributed by atoms with Crippen LogP contribution >= 0.6 is 0 Å². The van der Waals surface area contributed by atoms with Gasteiger partial charge in [-0.3, -0.25) is 4.79 Å². The van der Waals surface area contributed by atoms with E-state index in [9.17, 15) is 4.79 Å². The normalized spacial score (nSPS) is 20.9. The molecule has 3 aromatic rings. The molecule has 0 aliphatic carbocycles. The molecule has 0 radical (unpaired) electrons. The van der Waals surface area contributed by atoms with Crippen molar-refractivity contribution in [3.05, 3.63) is 48.9 Å². The third-order valence-corrected chi connectivity index (χ3v) is 5.04. The van der Waals surface area contributed by atoms with E-state index >= 15 is 0 Å². The fourth-order valence-electron chi connectivity index (χ4n) is 3.67. The van der Waals surface area contributed by atoms with Crippen molar-refractivity contribution in [2.45, 2.75) is 39.0 Å². The van der Waals surface area contributed by atoms with Crippen LogP contribution in [-0.4, -0.2) is 45.7 Å². The number of ether oxygens (including phenoxy) is 1. The summed E-state index contributed by atoms with van der Waals surface area (Å²) in [5.41, 5.74) is 2.50. The summed E-state index contributed by atoms with van der Waals surface area (Å²) in [7, 11) is 0. The number of nitrogens with zero attached hydrogens (tertiary/aromatic N) is 4. The molecule has 3 atom stereocenters. The lowest BCUT2D eigenvalue weighted by Gasteiger charge is -2.36. The van der Waals surface area contributed by atoms with Gasteiger partial charge in [0.15, 0.2) is 0 Å². The van der Waals surface area contributed by atoms with Crippen LogP contribution in [-0.2, 0) is 9.53 Å². The molecule has 2 aromatic heterocycles. The molecule has 1 N–H and O–H groups in total. The van der Waals surface area contributed by atoms with Crippen molar-refractivity contribution < 1.29 is 9.53 Å². The van der Waals surface area contributed by atoms with Gasteiger partial charge in [-0.05, 0) is 45.0 Å². The van der Waals surface area contributed by atoms with Crippen molar-refractivity contribution in [3.8, 4) is 0 Å². The van der Waals surface area contributed by atoms with Crippen molar-refractivity contribution in [1.82, 2.24) is 14.5 Å². The van der Waals surface area contributed by atoms with Gasteiger partial charge >= 0.3 is 0 Å². The van der Waals surface area contributed by atoms with E-state index < -0.39 is 0 Å². The maximum Gasteiger partial charge on any atom is 0.247 e. The molecule has 0 bridgehead atoms. The fraction of sp³-hybridized carbons (Fsp3) is 0.381. The lowest BCUT2D eigenvalue weighted by atomic mass is 10.2. The Bertz CT molecular complexity index is 958. The van der Waals surface area contributed by atoms with Crippen LogP contribution in [0.5, 0.6) is 0 Å². The summed E-state index contributed by atoms with van der Waals surface area (Å²) in [6, 6.07) is 11.2. The summed E-state index contributed by atoms with van der Waals surface area (Å²) in [6.45, 7) is 7.63. The van der Waals surface area contributed by atoms with Crippen LogP contribution in [0, 0.1) is 0 Å². The minimum Gasteiger partial charge on any atom is -0.372 e. The molecule has 0 saturated carbocycles. The molecular formula is C21H25N5O2. The van der Waals surface area contributed by atoms with Gasteiger partial charge in [0.1, 0.15) is 11.9 Å². The lowest BCUT2D eigenvalue weighted by Crippen LogP contribution is -2.45. The minimum absolute atomic E-state index is 0.105. The van der Waals surface area contributed by atoms with Gasteiger partial charge in [0.25, 0.3) is 0 Å². The number of amides is 1. The van der Waals surface area contributed by atoms with Crippen LogP contribution < -0.4 is 10.2 Å². The monoisotopic (exact) mass is 379 g/mol. The van der Waals surface area contributed by atoms with Gasteiger partial charge in [-0.25, -0.2) is 9.97 Å². The van der Waals surface area contributed by atoms with E-state index in [1.54, 1.807) is 12.5 Å². The highest BCUT2D eigenvalue weighted by atomic mass is 16.5. The van der Waals surface area contributed by atoms with Gasteiger partial charge in [-0.2, -0.15) is 0 Å². The van der Waals surface area contributed by atoms with Crippen LogP contribution in [0.1, 0.15) is 26.8 Å². The van der Waals surface area contributed by atoms with Crippen LogP contribution in [0.2, 0.25) is 0 Å². The number of para-hydroxylation sites is 2. The molecule has 4 rings (SSSR count). The van der Waals surface area contributed by atoms with Gasteiger partial charge in [-0.1, -0.05) is 12.1 Å². The number of morpholine rings is 1. The zero-order valence-corrected chi connectivity index (χ0v) is 16.4. The maximum atomic E-state index is 12.7. The van der Waals surface area contributed by atoms with Gasteiger partial charge in [0.2, 0.25) is 5.91 Å². The first-order valence-electron chi connectivity index (χ1n) is 9.60. The first kappa shape index (κ1) is 18.4. The summed E-state index contributed by atoms with van der Waals surface area (Å²) in [5.74, 6) is 0.792. The summed E-state index contributed by atoms with van der Waals surface area (Å²) in [4.78, 5) is 23.8. The van der Waals surface area contributed by atoms with Crippen LogP contribution in [0.3, 0.4) is 0 Å². The Kier molecular flexibility index (Phi) is 5.00. The third kappa shape index (κ3) is 3.71. The molecule has 1 aliphatic heterocycles. The second-order valence-corrected chi connectivity index (χ2v) is 7.37. The van der Waals surface area contributed by atoms with E-state index in [-0.39, 0.29) is 24.2 Å². The molecule has 3 heterocycles. The number of aromatic nitrogens is 3. The first-order valence-corrected chi connectivity index (χ1v) is 9.60. The Morgan fingerprint density at radius 1 is 1.14 bits per heavy atom. The molecule has 7 nitrogen and oxygen atoms in total. The Morgan fingerprint density at radius 2 is 1.89 bits per heavy atom. The zero-order valence-electron chi connectivity index (χ0n) is 16.4. The molecular weight excluding hydrogens is 354 g/mol. The van der Waals surface area contributed by atoms with Crippen LogP contribution in [0.25, 0.3) is 11.0 Å². The molecule has 1 saturated heterocycles. The van der Waals surface area contributed by atoms with E-state index in [2.05, 4.69) is 34.0 Å². The van der Waals surface area contributed by atoms with Crippen molar-refractivity contribution in [2.24, 2.45) is 0 Å². The molecule has 0 spiro atoms. The molecule has 1 aromatic carbocycles. The predicted molar refractivity (Wildman–Crippen MR) is 110 cm³/mol. The average molecular weight is 379 g/mol. The number of anilines is 2. The molecule has 0 unspecified atom stereocenters. The van der Waals surface area contributed by atoms with Gasteiger partial charge < -0.3 is 19.5 Å². The van der Waals surface area contributed by atoms with E-state index in [0.717, 1.165) is 29.9 Å². The number of nitrogens with one attached hydrogen (secondary N) is 1. The van der Waals surface area contributed by atoms with Crippen LogP contribution in [0.15, 0.2) is 48.9 Å². The number of carbonyl (C=O) groups excluding carboxylic acids is 1. The van der Waals surface area contributed by atoms with E-state index in [1.807, 2.05) is 47.9 Å². The molecule has 7 heteroatoms. The van der Waals surface area contributed by atoms with Gasteiger partial charge in [0, 0.05) is 13.1 Å². The quantitative estimate of drug-likeness (QED) is 0.753. The molecule has 28 heavy (non-hydrogen) atoms. The number of rotatable bonds is 4. The van der Waals surface area contributed by atoms with Gasteiger partial charge in [-0.15, -0.1) is 0 Å². The second kappa shape index (κ2) is 7.59. The highest BCUT2D eigenvalue weighted by molar-refractivity contribution is 5.94. The largest absolute Gasteiger partial charge is 0.372 e. The molecule has 1 amide bonds. The molecule has 1 fully saturated rings. The second-order valence-electron chi connectivity index (χ2n) is 7.37. The van der Waals surface area contributed by atoms with Crippen LogP contribution in [0.4, 0.5) is 11.5 Å². The smallest absolute Gasteiger partial charge is 0.247 e. The molecule has 146 valence electrons. The number of imidazole rings is 1. The summed E-state index contributed by atoms with van der Waals surface area (Å²) < 4.78 is 7.65. The number of carbonyl (C=O) groups is 1. The van der Waals surface area contributed by atoms with Crippen molar-refractivity contribution in [3.63, 3.8) is 0 Å². The number of hydrogen-bond donors (Lipinski definition) is 1. The lowest BCUT2D eigenvalue weighted by molar-refractivity contribution is -0.118. The summed E-state index contributed by atoms with van der Waals surface area (Å²) in [5, 5.41) is 2.95. The summed E-state index contributed by atoms with van der Waals surface area (Å²) in [6.07, 6.45) is 3.76. The summed E-state index contributed by atoms with van der Waals surface area (Å²) >= 11 is 0. The van der Waals surface area contributed by atoms with E-state index in [1.165, 1.54) is 0 Å². The number of benzene rings is 1. The van der Waals surface area contributed by atoms with E-state index in [0.29, 0.717) is 5.69 Å². The number of fused-ring (bicyclic) bond motifs is 1. The Hall–Kier alpha value is -2.93. The Balaban J connectivity index is 1.44. The Labute approximate surface area is 164 Å². The standard InChI is InChI=1S/C21H25N5O2/c1-14-11-25(12-15(2)28-14)20-9-8-17(10-22-20)24-21(27)16(3)26-13-23-18-6-4-5-7-19(18)26/h4-10,13-16H,11-12H2,1-3H3,(H,24,27)/t14-,15-,16+/m1/s1. The zero-order chi connectivity index (χ0) is 19.7. The first-order chi connectivity index (χ1) is 13.5. The predicted octanol–water partition coefficient (Wildman–Crippen LogP) is 3.24. The van der Waals surface area contributed by atoms with Crippen molar-refractivity contribution >= 4 is 28.4 Å². The molecule has 1 aliphatic rings. The maximum absolute atomic E-state index is 12.7. The average Bonchev–Trinajstić information content (AvgIpc) is 3.11.